The topological polar surface area (TPSA) is 60.2 Å². The van der Waals surface area contributed by atoms with Gasteiger partial charge < -0.3 is 5.73 Å². The summed E-state index contributed by atoms with van der Waals surface area (Å²) in [4.78, 5) is 0. The van der Waals surface area contributed by atoms with Gasteiger partial charge in [0.1, 0.15) is 0 Å². The molecule has 1 fully saturated rings. The molecule has 0 spiro atoms. The van der Waals surface area contributed by atoms with E-state index in [0.29, 0.717) is 6.54 Å². The third-order valence-electron chi connectivity index (χ3n) is 3.97. The Labute approximate surface area is 103 Å². The summed E-state index contributed by atoms with van der Waals surface area (Å²) in [5.41, 5.74) is 7.62. The van der Waals surface area contributed by atoms with E-state index in [4.69, 9.17) is 5.73 Å². The maximum Gasteiger partial charge on any atom is 0.150 e. The van der Waals surface area contributed by atoms with E-state index in [1.54, 1.807) is 0 Å². The fraction of sp³-hybridized carbons (Fsp3) is 0.538. The molecular formula is C13H19NO2S. The Morgan fingerprint density at radius 1 is 1.29 bits per heavy atom. The highest BCUT2D eigenvalue weighted by Gasteiger charge is 2.52. The van der Waals surface area contributed by atoms with Gasteiger partial charge in [-0.15, -0.1) is 0 Å². The first kappa shape index (κ1) is 12.6. The van der Waals surface area contributed by atoms with Crippen molar-refractivity contribution in [3.05, 3.63) is 35.4 Å². The van der Waals surface area contributed by atoms with Crippen molar-refractivity contribution in [1.82, 2.24) is 0 Å². The molecule has 17 heavy (non-hydrogen) atoms. The highest BCUT2D eigenvalue weighted by molar-refractivity contribution is 7.91. The third-order valence-corrected chi connectivity index (χ3v) is 5.71. The van der Waals surface area contributed by atoms with Crippen molar-refractivity contribution in [3.63, 3.8) is 0 Å². The Morgan fingerprint density at radius 3 is 2.18 bits per heavy atom. The number of benzene rings is 1. The van der Waals surface area contributed by atoms with Crippen molar-refractivity contribution >= 4 is 9.84 Å². The van der Waals surface area contributed by atoms with Crippen molar-refractivity contribution in [2.45, 2.75) is 37.0 Å². The monoisotopic (exact) mass is 253 g/mol. The number of sulfone groups is 1. The Kier molecular flexibility index (Phi) is 3.04. The van der Waals surface area contributed by atoms with E-state index in [1.165, 1.54) is 6.26 Å². The molecule has 1 aliphatic carbocycles. The second-order valence-corrected chi connectivity index (χ2v) is 7.40. The first-order chi connectivity index (χ1) is 7.90. The van der Waals surface area contributed by atoms with Gasteiger partial charge in [-0.25, -0.2) is 8.42 Å². The van der Waals surface area contributed by atoms with Gasteiger partial charge in [0, 0.05) is 18.2 Å². The van der Waals surface area contributed by atoms with Crippen LogP contribution in [0.25, 0.3) is 0 Å². The molecular weight excluding hydrogens is 234 g/mol. The second kappa shape index (κ2) is 4.10. The lowest BCUT2D eigenvalue weighted by molar-refractivity contribution is 0.561. The lowest BCUT2D eigenvalue weighted by Crippen LogP contribution is -2.30. The van der Waals surface area contributed by atoms with E-state index >= 15 is 0 Å². The van der Waals surface area contributed by atoms with E-state index in [0.717, 1.165) is 24.0 Å². The number of hydrogen-bond donors (Lipinski definition) is 1. The average Bonchev–Trinajstić information content (AvgIpc) is 3.08. The summed E-state index contributed by atoms with van der Waals surface area (Å²) < 4.78 is 23.4. The van der Waals surface area contributed by atoms with Crippen LogP contribution in [0.4, 0.5) is 0 Å². The summed E-state index contributed by atoms with van der Waals surface area (Å²) in [5.74, 6) is 0. The summed E-state index contributed by atoms with van der Waals surface area (Å²) in [6.07, 6.45) is 3.25. The average molecular weight is 253 g/mol. The first-order valence-electron chi connectivity index (χ1n) is 5.88. The van der Waals surface area contributed by atoms with Gasteiger partial charge in [0.05, 0.1) is 5.25 Å². The Hall–Kier alpha value is -0.870. The summed E-state index contributed by atoms with van der Waals surface area (Å²) >= 11 is 0. The fourth-order valence-corrected chi connectivity index (χ4v) is 3.64. The van der Waals surface area contributed by atoms with Crippen LogP contribution >= 0.6 is 0 Å². The Bertz CT molecular complexity index is 501. The molecule has 94 valence electrons. The van der Waals surface area contributed by atoms with Crippen molar-refractivity contribution in [2.24, 2.45) is 5.73 Å². The summed E-state index contributed by atoms with van der Waals surface area (Å²) in [6, 6.07) is 8.03. The standard InChI is InChI=1S/C13H19NO2S/c1-10(17(2,15)16)13(7-8-13)12-5-3-11(9-14)4-6-12/h3-6,10H,7-9,14H2,1-2H3. The van der Waals surface area contributed by atoms with Crippen molar-refractivity contribution < 1.29 is 8.42 Å². The molecule has 0 aliphatic heterocycles. The van der Waals surface area contributed by atoms with E-state index in [1.807, 2.05) is 31.2 Å². The molecule has 0 aromatic heterocycles. The molecule has 2 N–H and O–H groups in total. The molecule has 1 aliphatic rings. The van der Waals surface area contributed by atoms with E-state index in [2.05, 4.69) is 0 Å². The van der Waals surface area contributed by atoms with Gasteiger partial charge in [-0.1, -0.05) is 24.3 Å². The summed E-state index contributed by atoms with van der Waals surface area (Å²) in [6.45, 7) is 2.34. The molecule has 1 unspecified atom stereocenters. The molecule has 2 rings (SSSR count). The Morgan fingerprint density at radius 2 is 1.82 bits per heavy atom. The van der Waals surface area contributed by atoms with Gasteiger partial charge in [0.25, 0.3) is 0 Å². The van der Waals surface area contributed by atoms with Gasteiger partial charge >= 0.3 is 0 Å². The normalized spacial score (nSPS) is 19.9. The van der Waals surface area contributed by atoms with E-state index in [-0.39, 0.29) is 10.7 Å². The predicted molar refractivity (Wildman–Crippen MR) is 69.6 cm³/mol. The smallest absolute Gasteiger partial charge is 0.150 e. The molecule has 0 heterocycles. The van der Waals surface area contributed by atoms with Crippen molar-refractivity contribution in [3.8, 4) is 0 Å². The van der Waals surface area contributed by atoms with Crippen molar-refractivity contribution in [2.75, 3.05) is 6.26 Å². The van der Waals surface area contributed by atoms with Crippen LogP contribution in [0.2, 0.25) is 0 Å². The van der Waals surface area contributed by atoms with Crippen LogP contribution in [0, 0.1) is 0 Å². The highest BCUT2D eigenvalue weighted by atomic mass is 32.2. The zero-order chi connectivity index (χ0) is 12.7. The van der Waals surface area contributed by atoms with Gasteiger partial charge in [0.2, 0.25) is 0 Å². The number of nitrogens with two attached hydrogens (primary N) is 1. The molecule has 0 bridgehead atoms. The van der Waals surface area contributed by atoms with Gasteiger partial charge in [-0.05, 0) is 30.9 Å². The van der Waals surface area contributed by atoms with Gasteiger partial charge in [-0.3, -0.25) is 0 Å². The van der Waals surface area contributed by atoms with Crippen LogP contribution in [0.15, 0.2) is 24.3 Å². The van der Waals surface area contributed by atoms with Gasteiger partial charge in [0.15, 0.2) is 9.84 Å². The van der Waals surface area contributed by atoms with E-state index < -0.39 is 9.84 Å². The first-order valence-corrected chi connectivity index (χ1v) is 7.84. The molecule has 1 atom stereocenters. The molecule has 3 nitrogen and oxygen atoms in total. The van der Waals surface area contributed by atoms with Crippen LogP contribution in [0.3, 0.4) is 0 Å². The number of rotatable bonds is 4. The largest absolute Gasteiger partial charge is 0.326 e. The van der Waals surface area contributed by atoms with Crippen molar-refractivity contribution in [1.29, 1.82) is 0 Å². The minimum atomic E-state index is -2.99. The molecule has 4 heteroatoms. The quantitative estimate of drug-likeness (QED) is 0.887. The molecule has 1 aromatic carbocycles. The molecule has 0 amide bonds. The maximum atomic E-state index is 11.7. The summed E-state index contributed by atoms with van der Waals surface area (Å²) in [7, 11) is -2.99. The van der Waals surface area contributed by atoms with Crippen LogP contribution < -0.4 is 5.73 Å². The molecule has 0 saturated heterocycles. The Balaban J connectivity index is 2.33. The van der Waals surface area contributed by atoms with Crippen LogP contribution in [0.1, 0.15) is 30.9 Å². The predicted octanol–water partition coefficient (Wildman–Crippen LogP) is 1.61. The zero-order valence-electron chi connectivity index (χ0n) is 10.3. The van der Waals surface area contributed by atoms with Gasteiger partial charge in [-0.2, -0.15) is 0 Å². The molecule has 1 saturated carbocycles. The fourth-order valence-electron chi connectivity index (χ4n) is 2.45. The van der Waals surface area contributed by atoms with E-state index in [9.17, 15) is 8.42 Å². The van der Waals surface area contributed by atoms with Crippen LogP contribution in [0.5, 0.6) is 0 Å². The highest BCUT2D eigenvalue weighted by Crippen LogP contribution is 2.52. The molecule has 1 aromatic rings. The third kappa shape index (κ3) is 2.24. The lowest BCUT2D eigenvalue weighted by Gasteiger charge is -2.22. The SMILES string of the molecule is CC(C1(c2ccc(CN)cc2)CC1)S(C)(=O)=O. The van der Waals surface area contributed by atoms with Crippen LogP contribution in [-0.4, -0.2) is 19.9 Å². The number of hydrogen-bond acceptors (Lipinski definition) is 3. The molecule has 0 radical (unpaired) electrons. The minimum Gasteiger partial charge on any atom is -0.326 e. The minimum absolute atomic E-state index is 0.152. The lowest BCUT2D eigenvalue weighted by atomic mass is 9.92. The maximum absolute atomic E-state index is 11.7. The second-order valence-electron chi connectivity index (χ2n) is 5.03. The van der Waals surface area contributed by atoms with Crippen LogP contribution in [-0.2, 0) is 21.8 Å². The zero-order valence-corrected chi connectivity index (χ0v) is 11.1. The summed E-state index contributed by atoms with van der Waals surface area (Å²) in [5, 5.41) is -0.307.